The highest BCUT2D eigenvalue weighted by atomic mass is 16.5. The molecule has 0 aromatic heterocycles. The molecule has 0 saturated heterocycles. The van der Waals surface area contributed by atoms with Crippen LogP contribution in [0.4, 0.5) is 0 Å². The molecule has 0 radical (unpaired) electrons. The van der Waals surface area contributed by atoms with Crippen LogP contribution in [0, 0.1) is 5.92 Å². The zero-order valence-corrected chi connectivity index (χ0v) is 11.0. The van der Waals surface area contributed by atoms with Gasteiger partial charge in [0.15, 0.2) is 0 Å². The minimum Gasteiger partial charge on any atom is -0.465 e. The van der Waals surface area contributed by atoms with Gasteiger partial charge in [0.1, 0.15) is 11.7 Å². The predicted octanol–water partition coefficient (Wildman–Crippen LogP) is 2.78. The van der Waals surface area contributed by atoms with Gasteiger partial charge in [-0.3, -0.25) is 9.59 Å². The van der Waals surface area contributed by atoms with Crippen molar-refractivity contribution in [2.45, 2.75) is 33.1 Å². The van der Waals surface area contributed by atoms with Crippen molar-refractivity contribution in [1.29, 1.82) is 0 Å². The molecule has 3 heteroatoms. The summed E-state index contributed by atoms with van der Waals surface area (Å²) in [6.07, 6.45) is 2.25. The molecule has 0 heterocycles. The number of rotatable bonds is 7. The molecule has 3 nitrogen and oxygen atoms in total. The lowest BCUT2D eigenvalue weighted by atomic mass is 9.96. The molecular weight excluding hydrogens is 228 g/mol. The van der Waals surface area contributed by atoms with Gasteiger partial charge in [0.25, 0.3) is 0 Å². The molecule has 0 bridgehead atoms. The first-order valence-corrected chi connectivity index (χ1v) is 6.36. The summed E-state index contributed by atoms with van der Waals surface area (Å²) in [7, 11) is 0. The van der Waals surface area contributed by atoms with Gasteiger partial charge in [0, 0.05) is 0 Å². The van der Waals surface area contributed by atoms with Crippen LogP contribution in [0.5, 0.6) is 0 Å². The van der Waals surface area contributed by atoms with E-state index in [0.29, 0.717) is 13.0 Å². The lowest BCUT2D eigenvalue weighted by molar-refractivity contribution is -0.151. The number of hydrogen-bond acceptors (Lipinski definition) is 3. The summed E-state index contributed by atoms with van der Waals surface area (Å²) >= 11 is 0. The fourth-order valence-electron chi connectivity index (χ4n) is 1.88. The average Bonchev–Trinajstić information content (AvgIpc) is 2.35. The zero-order valence-electron chi connectivity index (χ0n) is 11.0. The van der Waals surface area contributed by atoms with Crippen molar-refractivity contribution >= 4 is 11.8 Å². The topological polar surface area (TPSA) is 43.4 Å². The number of carbonyl (C=O) groups excluding carboxylic acids is 2. The second kappa shape index (κ2) is 7.64. The Hall–Kier alpha value is -1.64. The van der Waals surface area contributed by atoms with Gasteiger partial charge >= 0.3 is 5.97 Å². The first-order valence-electron chi connectivity index (χ1n) is 6.36. The van der Waals surface area contributed by atoms with Crippen molar-refractivity contribution < 1.29 is 14.3 Å². The highest BCUT2D eigenvalue weighted by Crippen LogP contribution is 2.13. The average molecular weight is 248 g/mol. The van der Waals surface area contributed by atoms with Crippen molar-refractivity contribution in [3.63, 3.8) is 0 Å². The number of ether oxygens (including phenoxy) is 1. The normalized spacial score (nSPS) is 11.9. The van der Waals surface area contributed by atoms with E-state index in [1.54, 1.807) is 6.92 Å². The molecule has 0 fully saturated rings. The quantitative estimate of drug-likeness (QED) is 0.550. The minimum absolute atomic E-state index is 0.110. The molecule has 0 amide bonds. The van der Waals surface area contributed by atoms with E-state index < -0.39 is 11.9 Å². The summed E-state index contributed by atoms with van der Waals surface area (Å²) < 4.78 is 4.91. The maximum atomic E-state index is 11.6. The van der Waals surface area contributed by atoms with E-state index >= 15 is 0 Å². The lowest BCUT2D eigenvalue weighted by Gasteiger charge is -2.12. The van der Waals surface area contributed by atoms with Gasteiger partial charge in [0.2, 0.25) is 0 Å². The van der Waals surface area contributed by atoms with Gasteiger partial charge in [-0.05, 0) is 38.7 Å². The van der Waals surface area contributed by atoms with Gasteiger partial charge in [-0.2, -0.15) is 0 Å². The molecule has 0 saturated carbocycles. The lowest BCUT2D eigenvalue weighted by Crippen LogP contribution is -2.24. The third-order valence-electron chi connectivity index (χ3n) is 2.86. The van der Waals surface area contributed by atoms with E-state index in [9.17, 15) is 9.59 Å². The van der Waals surface area contributed by atoms with Gasteiger partial charge < -0.3 is 4.74 Å². The van der Waals surface area contributed by atoms with E-state index in [2.05, 4.69) is 0 Å². The second-order valence-electron chi connectivity index (χ2n) is 4.29. The molecule has 1 atom stereocenters. The predicted molar refractivity (Wildman–Crippen MR) is 70.2 cm³/mol. The van der Waals surface area contributed by atoms with Gasteiger partial charge in [-0.25, -0.2) is 0 Å². The van der Waals surface area contributed by atoms with Crippen LogP contribution < -0.4 is 0 Å². The van der Waals surface area contributed by atoms with E-state index in [1.807, 2.05) is 30.3 Å². The van der Waals surface area contributed by atoms with Crippen molar-refractivity contribution in [2.24, 2.45) is 5.92 Å². The molecule has 0 N–H and O–H groups in total. The first-order chi connectivity index (χ1) is 8.65. The number of carbonyl (C=O) groups is 2. The second-order valence-corrected chi connectivity index (χ2v) is 4.29. The zero-order chi connectivity index (χ0) is 13.4. The van der Waals surface area contributed by atoms with Crippen LogP contribution in [0.25, 0.3) is 0 Å². The van der Waals surface area contributed by atoms with E-state index in [1.165, 1.54) is 12.5 Å². The molecule has 98 valence electrons. The van der Waals surface area contributed by atoms with E-state index in [-0.39, 0.29) is 5.78 Å². The summed E-state index contributed by atoms with van der Waals surface area (Å²) in [5.74, 6) is -1.10. The van der Waals surface area contributed by atoms with Crippen LogP contribution >= 0.6 is 0 Å². The number of Topliss-reactive ketones (excluding diaryl/α,β-unsaturated/α-hetero) is 1. The summed E-state index contributed by atoms with van der Waals surface area (Å²) in [6.45, 7) is 3.52. The molecule has 0 aliphatic heterocycles. The number of benzene rings is 1. The summed E-state index contributed by atoms with van der Waals surface area (Å²) in [4.78, 5) is 23.0. The Bertz CT molecular complexity index is 384. The molecule has 1 aromatic carbocycles. The number of esters is 1. The Labute approximate surface area is 108 Å². The molecular formula is C15H20O3. The molecule has 0 aliphatic carbocycles. The van der Waals surface area contributed by atoms with Crippen molar-refractivity contribution in [1.82, 2.24) is 0 Å². The number of hydrogen-bond donors (Lipinski definition) is 0. The summed E-state index contributed by atoms with van der Waals surface area (Å²) in [5.41, 5.74) is 1.23. The number of ketones is 1. The fraction of sp³-hybridized carbons (Fsp3) is 0.467. The summed E-state index contributed by atoms with van der Waals surface area (Å²) in [6, 6.07) is 10.0. The van der Waals surface area contributed by atoms with Gasteiger partial charge in [-0.1, -0.05) is 30.3 Å². The maximum absolute atomic E-state index is 11.6. The smallest absolute Gasteiger partial charge is 0.316 e. The Morgan fingerprint density at radius 3 is 2.44 bits per heavy atom. The van der Waals surface area contributed by atoms with E-state index in [4.69, 9.17) is 4.74 Å². The molecule has 0 spiro atoms. The van der Waals surface area contributed by atoms with Crippen LogP contribution in [-0.4, -0.2) is 18.4 Å². The van der Waals surface area contributed by atoms with Gasteiger partial charge in [-0.15, -0.1) is 0 Å². The SMILES string of the molecule is CCOC(=O)C(CCCc1ccccc1)C(C)=O. The summed E-state index contributed by atoms with van der Waals surface area (Å²) in [5, 5.41) is 0. The third kappa shape index (κ3) is 4.70. The minimum atomic E-state index is -0.603. The van der Waals surface area contributed by atoms with Crippen LogP contribution in [0.1, 0.15) is 32.3 Å². The standard InChI is InChI=1S/C15H20O3/c1-3-18-15(17)14(12(2)16)11-7-10-13-8-5-4-6-9-13/h4-6,8-9,14H,3,7,10-11H2,1-2H3. The Balaban J connectivity index is 2.43. The fourth-order valence-corrected chi connectivity index (χ4v) is 1.88. The van der Waals surface area contributed by atoms with Crippen molar-refractivity contribution in [2.75, 3.05) is 6.61 Å². The van der Waals surface area contributed by atoms with Gasteiger partial charge in [0.05, 0.1) is 6.61 Å². The van der Waals surface area contributed by atoms with Crippen molar-refractivity contribution in [3.05, 3.63) is 35.9 Å². The Morgan fingerprint density at radius 1 is 1.22 bits per heavy atom. The molecule has 18 heavy (non-hydrogen) atoms. The Kier molecular flexibility index (Phi) is 6.12. The number of aryl methyl sites for hydroxylation is 1. The van der Waals surface area contributed by atoms with Crippen LogP contribution in [0.15, 0.2) is 30.3 Å². The molecule has 1 rings (SSSR count). The van der Waals surface area contributed by atoms with Crippen molar-refractivity contribution in [3.8, 4) is 0 Å². The maximum Gasteiger partial charge on any atom is 0.316 e. The molecule has 1 unspecified atom stereocenters. The van der Waals surface area contributed by atoms with Crippen LogP contribution in [0.3, 0.4) is 0 Å². The molecule has 1 aromatic rings. The third-order valence-corrected chi connectivity index (χ3v) is 2.86. The molecule has 0 aliphatic rings. The van der Waals surface area contributed by atoms with Crippen LogP contribution in [-0.2, 0) is 20.7 Å². The monoisotopic (exact) mass is 248 g/mol. The highest BCUT2D eigenvalue weighted by molar-refractivity contribution is 5.97. The first kappa shape index (κ1) is 14.4. The largest absolute Gasteiger partial charge is 0.465 e. The highest BCUT2D eigenvalue weighted by Gasteiger charge is 2.23. The van der Waals surface area contributed by atoms with E-state index in [0.717, 1.165) is 12.8 Å². The Morgan fingerprint density at radius 2 is 1.89 bits per heavy atom. The van der Waals surface area contributed by atoms with Crippen LogP contribution in [0.2, 0.25) is 0 Å².